The van der Waals surface area contributed by atoms with Gasteiger partial charge in [-0.3, -0.25) is 0 Å². The van der Waals surface area contributed by atoms with E-state index in [0.717, 1.165) is 18.4 Å². The van der Waals surface area contributed by atoms with Crippen LogP contribution >= 0.6 is 0 Å². The minimum absolute atomic E-state index is 0.229. The maximum Gasteiger partial charge on any atom is 0.319 e. The predicted molar refractivity (Wildman–Crippen MR) is 87.7 cm³/mol. The molecule has 0 saturated carbocycles. The normalized spacial score (nSPS) is 11.4. The summed E-state index contributed by atoms with van der Waals surface area (Å²) in [4.78, 5) is 12.0. The van der Waals surface area contributed by atoms with Gasteiger partial charge < -0.3 is 15.4 Å². The number of nitrogens with one attached hydrogen (secondary N) is 2. The number of hydrogen-bond acceptors (Lipinski definition) is 3. The van der Waals surface area contributed by atoms with Crippen molar-refractivity contribution in [3.63, 3.8) is 0 Å². The van der Waals surface area contributed by atoms with Crippen LogP contribution in [0.4, 0.5) is 10.5 Å². The largest absolute Gasteiger partial charge is 0.388 e. The summed E-state index contributed by atoms with van der Waals surface area (Å²) >= 11 is 0. The summed E-state index contributed by atoms with van der Waals surface area (Å²) in [6.07, 6.45) is 6.18. The highest BCUT2D eigenvalue weighted by molar-refractivity contribution is 5.90. The Morgan fingerprint density at radius 3 is 2.82 bits per heavy atom. The molecule has 1 atom stereocenters. The van der Waals surface area contributed by atoms with Gasteiger partial charge in [0.1, 0.15) is 5.75 Å². The molecule has 0 bridgehead atoms. The summed E-state index contributed by atoms with van der Waals surface area (Å²) in [5.41, 5.74) is 1.56. The van der Waals surface area contributed by atoms with Gasteiger partial charge in [0.05, 0.1) is 0 Å². The quantitative estimate of drug-likeness (QED) is 0.707. The summed E-state index contributed by atoms with van der Waals surface area (Å²) < 4.78 is 4.78. The molecule has 0 radical (unpaired) electrons. The molecular formula is C17H25N3O2. The van der Waals surface area contributed by atoms with Gasteiger partial charge in [-0.25, -0.2) is 4.79 Å². The number of anilines is 1. The van der Waals surface area contributed by atoms with E-state index in [1.54, 1.807) is 24.5 Å². The fourth-order valence-corrected chi connectivity index (χ4v) is 2.20. The zero-order valence-electron chi connectivity index (χ0n) is 13.6. The van der Waals surface area contributed by atoms with E-state index in [4.69, 9.17) is 10.00 Å². The topological polar surface area (TPSA) is 74.2 Å². The average molecular weight is 303 g/mol. The SMILES string of the molecule is CCCCC(CC)CNC(=O)Nc1cc(OC#N)ccc1C. The molecule has 2 N–H and O–H groups in total. The Morgan fingerprint density at radius 1 is 1.41 bits per heavy atom. The number of carbonyl (C=O) groups is 1. The molecule has 1 aromatic rings. The second kappa shape index (κ2) is 9.67. The molecule has 0 aromatic heterocycles. The van der Waals surface area contributed by atoms with Crippen molar-refractivity contribution in [2.24, 2.45) is 5.92 Å². The number of nitriles is 1. The molecule has 2 amide bonds. The van der Waals surface area contributed by atoms with Crippen LogP contribution in [-0.2, 0) is 0 Å². The summed E-state index contributed by atoms with van der Waals surface area (Å²) in [6, 6.07) is 4.91. The maximum atomic E-state index is 12.0. The third-order valence-electron chi connectivity index (χ3n) is 3.72. The first-order valence-corrected chi connectivity index (χ1v) is 7.82. The second-order valence-electron chi connectivity index (χ2n) is 5.42. The van der Waals surface area contributed by atoms with Crippen molar-refractivity contribution in [1.29, 1.82) is 5.26 Å². The van der Waals surface area contributed by atoms with Crippen LogP contribution in [0, 0.1) is 24.4 Å². The van der Waals surface area contributed by atoms with Gasteiger partial charge in [0.25, 0.3) is 6.26 Å². The van der Waals surface area contributed by atoms with Crippen LogP contribution in [0.2, 0.25) is 0 Å². The van der Waals surface area contributed by atoms with Crippen LogP contribution in [0.1, 0.15) is 45.1 Å². The zero-order chi connectivity index (χ0) is 16.4. The van der Waals surface area contributed by atoms with E-state index in [9.17, 15) is 4.79 Å². The van der Waals surface area contributed by atoms with E-state index in [-0.39, 0.29) is 6.03 Å². The molecule has 0 saturated heterocycles. The molecule has 0 spiro atoms. The third-order valence-corrected chi connectivity index (χ3v) is 3.72. The monoisotopic (exact) mass is 303 g/mol. The number of amides is 2. The van der Waals surface area contributed by atoms with E-state index in [2.05, 4.69) is 24.5 Å². The summed E-state index contributed by atoms with van der Waals surface area (Å²) in [5.74, 6) is 0.929. The van der Waals surface area contributed by atoms with Crippen molar-refractivity contribution in [2.45, 2.75) is 46.5 Å². The maximum absolute atomic E-state index is 12.0. The Bertz CT molecular complexity index is 523. The molecule has 0 aliphatic carbocycles. The smallest absolute Gasteiger partial charge is 0.319 e. The van der Waals surface area contributed by atoms with Crippen LogP contribution in [-0.4, -0.2) is 12.6 Å². The van der Waals surface area contributed by atoms with Crippen molar-refractivity contribution >= 4 is 11.7 Å². The number of aryl methyl sites for hydroxylation is 1. The van der Waals surface area contributed by atoms with Gasteiger partial charge in [-0.15, -0.1) is 5.26 Å². The lowest BCUT2D eigenvalue weighted by Gasteiger charge is -2.16. The number of unbranched alkanes of at least 4 members (excludes halogenated alkanes) is 1. The van der Waals surface area contributed by atoms with Crippen molar-refractivity contribution in [3.8, 4) is 12.0 Å². The van der Waals surface area contributed by atoms with Gasteiger partial charge in [0.2, 0.25) is 0 Å². The third kappa shape index (κ3) is 6.04. The minimum Gasteiger partial charge on any atom is -0.388 e. The fraction of sp³-hybridized carbons (Fsp3) is 0.529. The lowest BCUT2D eigenvalue weighted by Crippen LogP contribution is -2.33. The molecule has 1 rings (SSSR count). The standard InChI is InChI=1S/C17H25N3O2/c1-4-6-7-14(5-2)11-19-17(21)20-16-10-15(22-12-18)9-8-13(16)3/h8-10,14H,4-7,11H2,1-3H3,(H2,19,20,21). The fourth-order valence-electron chi connectivity index (χ4n) is 2.20. The lowest BCUT2D eigenvalue weighted by atomic mass is 9.99. The Kier molecular flexibility index (Phi) is 7.84. The van der Waals surface area contributed by atoms with Crippen LogP contribution in [0.15, 0.2) is 18.2 Å². The average Bonchev–Trinajstić information content (AvgIpc) is 2.51. The number of urea groups is 1. The van der Waals surface area contributed by atoms with Gasteiger partial charge in [-0.1, -0.05) is 39.2 Å². The highest BCUT2D eigenvalue weighted by atomic mass is 16.5. The van der Waals surface area contributed by atoms with E-state index < -0.39 is 0 Å². The molecule has 5 nitrogen and oxygen atoms in total. The highest BCUT2D eigenvalue weighted by Crippen LogP contribution is 2.21. The highest BCUT2D eigenvalue weighted by Gasteiger charge is 2.10. The first-order chi connectivity index (χ1) is 10.6. The van der Waals surface area contributed by atoms with Gasteiger partial charge in [0.15, 0.2) is 0 Å². The number of benzene rings is 1. The molecular weight excluding hydrogens is 278 g/mol. The molecule has 0 fully saturated rings. The molecule has 0 aliphatic heterocycles. The van der Waals surface area contributed by atoms with E-state index in [1.807, 2.05) is 6.92 Å². The molecule has 120 valence electrons. The number of hydrogen-bond donors (Lipinski definition) is 2. The Labute approximate surface area is 132 Å². The zero-order valence-corrected chi connectivity index (χ0v) is 13.6. The molecule has 22 heavy (non-hydrogen) atoms. The number of ether oxygens (including phenoxy) is 1. The summed E-state index contributed by atoms with van der Waals surface area (Å²) in [5, 5.41) is 14.3. The van der Waals surface area contributed by atoms with Crippen LogP contribution in [0.5, 0.6) is 5.75 Å². The van der Waals surface area contributed by atoms with Crippen molar-refractivity contribution in [1.82, 2.24) is 5.32 Å². The van der Waals surface area contributed by atoms with Gasteiger partial charge in [0, 0.05) is 18.3 Å². The Balaban J connectivity index is 2.54. The molecule has 5 heteroatoms. The van der Waals surface area contributed by atoms with Crippen LogP contribution in [0.3, 0.4) is 0 Å². The first kappa shape index (κ1) is 17.8. The summed E-state index contributed by atoms with van der Waals surface area (Å²) in [6.45, 7) is 6.89. The molecule has 1 aromatic carbocycles. The van der Waals surface area contributed by atoms with Crippen molar-refractivity contribution in [3.05, 3.63) is 23.8 Å². The van der Waals surface area contributed by atoms with Crippen molar-refractivity contribution < 1.29 is 9.53 Å². The van der Waals surface area contributed by atoms with E-state index >= 15 is 0 Å². The number of carbonyl (C=O) groups excluding carboxylic acids is 1. The number of rotatable bonds is 8. The van der Waals surface area contributed by atoms with Gasteiger partial charge in [-0.2, -0.15) is 0 Å². The second-order valence-corrected chi connectivity index (χ2v) is 5.42. The lowest BCUT2D eigenvalue weighted by molar-refractivity contribution is 0.249. The van der Waals surface area contributed by atoms with Gasteiger partial charge in [-0.05, 0) is 30.9 Å². The molecule has 0 aliphatic rings. The summed E-state index contributed by atoms with van der Waals surface area (Å²) in [7, 11) is 0. The number of nitrogens with zero attached hydrogens (tertiary/aromatic N) is 1. The molecule has 0 heterocycles. The minimum atomic E-state index is -0.229. The van der Waals surface area contributed by atoms with Crippen LogP contribution < -0.4 is 15.4 Å². The van der Waals surface area contributed by atoms with Crippen LogP contribution in [0.25, 0.3) is 0 Å². The van der Waals surface area contributed by atoms with Gasteiger partial charge >= 0.3 is 6.03 Å². The Hall–Kier alpha value is -2.22. The van der Waals surface area contributed by atoms with Crippen molar-refractivity contribution in [2.75, 3.05) is 11.9 Å². The van der Waals surface area contributed by atoms with E-state index in [0.29, 0.717) is 23.9 Å². The Morgan fingerprint density at radius 2 is 2.18 bits per heavy atom. The van der Waals surface area contributed by atoms with E-state index in [1.165, 1.54) is 12.8 Å². The first-order valence-electron chi connectivity index (χ1n) is 7.82. The molecule has 1 unspecified atom stereocenters. The predicted octanol–water partition coefficient (Wildman–Crippen LogP) is 4.19.